The molecule has 33 heteroatoms. The van der Waals surface area contributed by atoms with E-state index >= 15 is 0 Å². The first kappa shape index (κ1) is 86.7. The number of carbonyl (C=O) groups is 7. The first-order valence-electron chi connectivity index (χ1n) is 33.5. The topological polar surface area (TPSA) is 320 Å². The fourth-order valence-electron chi connectivity index (χ4n) is 11.4. The Morgan fingerprint density at radius 1 is 0.477 bits per heavy atom. The number of carboxylic acids is 1. The number of aliphatic hydroxyl groups excluding tert-OH is 2. The van der Waals surface area contributed by atoms with Crippen LogP contribution in [0.5, 0.6) is 0 Å². The van der Waals surface area contributed by atoms with Gasteiger partial charge in [-0.2, -0.15) is 0 Å². The number of methoxy groups -OCH3 is 2. The fourth-order valence-corrected chi connectivity index (χ4v) is 17.2. The summed E-state index contributed by atoms with van der Waals surface area (Å²) in [5, 5.41) is 41.9. The van der Waals surface area contributed by atoms with Crippen molar-refractivity contribution >= 4 is 170 Å². The van der Waals surface area contributed by atoms with Crippen LogP contribution in [0.1, 0.15) is 95.0 Å². The zero-order valence-electron chi connectivity index (χ0n) is 59.3. The quantitative estimate of drug-likeness (QED) is 0.0295. The van der Waals surface area contributed by atoms with Crippen LogP contribution >= 0.6 is 111 Å². The molecule has 5 N–H and O–H groups in total. The molecule has 4 aromatic carbocycles. The van der Waals surface area contributed by atoms with Gasteiger partial charge in [0.2, 0.25) is 23.6 Å². The van der Waals surface area contributed by atoms with E-state index < -0.39 is 5.97 Å². The van der Waals surface area contributed by atoms with Gasteiger partial charge >= 0.3 is 36.8 Å². The number of carbonyl (C=O) groups excluding carboxylic acids is 6. The molecule has 4 aliphatic rings. The number of thiazole rings is 4. The summed E-state index contributed by atoms with van der Waals surface area (Å²) >= 11 is 17.1. The molecule has 109 heavy (non-hydrogen) atoms. The van der Waals surface area contributed by atoms with Crippen molar-refractivity contribution in [3.63, 3.8) is 0 Å². The molecule has 0 spiro atoms. The second-order valence-electron chi connectivity index (χ2n) is 23.8. The fraction of sp³-hybridized carbons (Fsp3) is 0.276. The van der Waals surface area contributed by atoms with E-state index in [1.807, 2.05) is 135 Å². The minimum absolute atomic E-state index is 0. The average molecular weight is 1730 g/mol. The molecule has 15 rings (SSSR count). The largest absolute Gasteiger partial charge is 1.00 e. The number of amides is 4. The predicted octanol–water partition coefficient (Wildman–Crippen LogP) is 13.0. The van der Waals surface area contributed by atoms with E-state index in [4.69, 9.17) is 24.4 Å². The van der Waals surface area contributed by atoms with Gasteiger partial charge in [-0.3, -0.25) is 19.2 Å². The molecule has 0 radical (unpaired) electrons. The van der Waals surface area contributed by atoms with Crippen molar-refractivity contribution in [2.24, 2.45) is 0 Å². The Labute approximate surface area is 686 Å². The Kier molecular flexibility index (Phi) is 35.2. The summed E-state index contributed by atoms with van der Waals surface area (Å²) in [7, 11) is 2.75. The Hall–Kier alpha value is -7.85. The molecule has 0 unspecified atom stereocenters. The van der Waals surface area contributed by atoms with Gasteiger partial charge in [0.25, 0.3) is 0 Å². The number of hydrogen-bond donors (Lipinski definition) is 4. The van der Waals surface area contributed by atoms with Crippen molar-refractivity contribution in [3.05, 3.63) is 214 Å². The van der Waals surface area contributed by atoms with Crippen LogP contribution in [-0.2, 0) is 56.7 Å². The summed E-state index contributed by atoms with van der Waals surface area (Å²) in [4.78, 5) is 107. The minimum Gasteiger partial charge on any atom is -0.870 e. The van der Waals surface area contributed by atoms with Gasteiger partial charge in [0.15, 0.2) is 0 Å². The van der Waals surface area contributed by atoms with Crippen LogP contribution in [0, 0.1) is 0 Å². The number of ether oxygens (including phenoxy) is 4. The SMILES string of the molecule is Brc1ccc(-c2nccs2)cc1.COC(=O)c1ccc(CBr)s1.COC(=O)c1ccc(COC[C@H]2CCC(=O)N2c2ccc(-c3nccs3)cc2)s1.O=C(O)c1ccc(COC[C@H]2CCC(=O)N2c2ccc(-c3nccs3)cc2)s1.O=C1CC[C@H](CO)N1.O=C1CC[C@H](CO)N1c1ccc(-c2nccs2)cc1.[Li+].[OH-]. The molecule has 4 atom stereocenters. The third-order valence-electron chi connectivity index (χ3n) is 16.7. The van der Waals surface area contributed by atoms with Crippen molar-refractivity contribution in [1.82, 2.24) is 25.3 Å². The number of hydrogen-bond acceptors (Lipinski definition) is 25. The first-order chi connectivity index (χ1) is 52.0. The second-order valence-corrected chi connectivity index (χ2v) is 32.3. The number of nitrogens with one attached hydrogen (secondary N) is 1. The molecule has 11 aromatic rings. The maximum Gasteiger partial charge on any atom is 1.00 e. The summed E-state index contributed by atoms with van der Waals surface area (Å²) in [6, 6.07) is 42.3. The number of alkyl halides is 1. The number of aromatic nitrogens is 4. The maximum atomic E-state index is 12.5. The number of aromatic carboxylic acids is 1. The summed E-state index contributed by atoms with van der Waals surface area (Å²) in [5.74, 6) is -1.17. The van der Waals surface area contributed by atoms with E-state index in [-0.39, 0.29) is 97.3 Å². The molecule has 4 fully saturated rings. The molecule has 0 saturated carbocycles. The molecule has 4 aliphatic heterocycles. The molecule has 0 aliphatic carbocycles. The smallest absolute Gasteiger partial charge is 0.870 e. The molecule has 566 valence electrons. The predicted molar refractivity (Wildman–Crippen MR) is 431 cm³/mol. The van der Waals surface area contributed by atoms with Gasteiger partial charge in [-0.25, -0.2) is 34.3 Å². The van der Waals surface area contributed by atoms with Crippen LogP contribution in [0.3, 0.4) is 0 Å². The molecule has 4 saturated heterocycles. The maximum absolute atomic E-state index is 12.5. The van der Waals surface area contributed by atoms with Gasteiger partial charge in [0, 0.05) is 136 Å². The van der Waals surface area contributed by atoms with E-state index in [0.29, 0.717) is 66.7 Å². The van der Waals surface area contributed by atoms with E-state index in [1.165, 1.54) is 53.8 Å². The van der Waals surface area contributed by atoms with Crippen molar-refractivity contribution in [3.8, 4) is 42.3 Å². The van der Waals surface area contributed by atoms with Crippen LogP contribution in [0.4, 0.5) is 17.1 Å². The summed E-state index contributed by atoms with van der Waals surface area (Å²) in [5.41, 5.74) is 6.89. The average Bonchev–Trinajstić information content (AvgIpc) is 1.71. The van der Waals surface area contributed by atoms with E-state index in [1.54, 1.807) is 93.1 Å². The van der Waals surface area contributed by atoms with Crippen molar-refractivity contribution < 1.29 is 92.2 Å². The summed E-state index contributed by atoms with van der Waals surface area (Å²) in [6.07, 6.45) is 12.3. The van der Waals surface area contributed by atoms with Crippen molar-refractivity contribution in [2.45, 2.75) is 94.1 Å². The van der Waals surface area contributed by atoms with E-state index in [0.717, 1.165) is 104 Å². The molecular weight excluding hydrogens is 1660 g/mol. The first-order valence-corrected chi connectivity index (χ1v) is 41.4. The number of aliphatic hydroxyl groups is 2. The molecule has 11 heterocycles. The number of halogens is 2. The zero-order chi connectivity index (χ0) is 75.6. The van der Waals surface area contributed by atoms with E-state index in [2.05, 4.69) is 74.0 Å². The number of carboxylic acid groups (broad SMARTS) is 1. The Morgan fingerprint density at radius 2 is 0.826 bits per heavy atom. The number of anilines is 3. The second kappa shape index (κ2) is 44.3. The monoisotopic (exact) mass is 1730 g/mol. The summed E-state index contributed by atoms with van der Waals surface area (Å²) < 4.78 is 22.0. The standard InChI is InChI=1S/C21H20N2O4S2.C20H18N2O4S2.C14H14N2O2S.C9H6BrNS.C7H7BrO2S.C5H9NO2.Li.H2O/c1-26-21(25)18-8-7-17(29-18)13-27-12-16-6-9-19(24)23(16)15-4-2-14(3-5-15)20-22-10-11-28-20;23-18-8-5-15(11-26-12-16-6-7-17(28-16)20(24)25)22(18)14-3-1-13(2-4-14)19-21-9-10-27-19;17-9-12-5-6-13(18)16(12)11-3-1-10(2-4-11)14-15-7-8-19-14;10-8-3-1-7(2-4-8)9-11-5-6-12-9;1-10-7(9)6-3-2-5(4-8)11-6;7-3-4-1-2-5(8)6-4;;/h2-5,7-8,10-11,16H,6,9,12-13H2,1H3;1-4,6-7,9-10,15H,5,8,11-12H2,(H,24,25);1-4,7-8,12,17H,5-6,9H2;1-6H;2-3H,4H2,1H3;4,7H,1-3H2,(H,6,8);;1H2/q;;;;;;+1;/p-1/t16-;15-;12-;;;4-;;/m111..1../s1. The van der Waals surface area contributed by atoms with E-state index in [9.17, 15) is 38.7 Å². The van der Waals surface area contributed by atoms with Crippen LogP contribution < -0.4 is 38.9 Å². The van der Waals surface area contributed by atoms with Gasteiger partial charge in [-0.05, 0) is 147 Å². The third kappa shape index (κ3) is 24.8. The molecule has 23 nitrogen and oxygen atoms in total. The number of esters is 2. The van der Waals surface area contributed by atoms with Gasteiger partial charge in [-0.1, -0.05) is 44.0 Å². The molecule has 4 amide bonds. The third-order valence-corrected chi connectivity index (χ3v) is 24.6. The number of thiophene rings is 3. The van der Waals surface area contributed by atoms with Gasteiger partial charge in [0.05, 0.1) is 78.0 Å². The number of rotatable bonds is 21. The summed E-state index contributed by atoms with van der Waals surface area (Å²) in [6.45, 7) is 1.71. The number of benzene rings is 4. The molecule has 0 bridgehead atoms. The minimum atomic E-state index is -0.926. The van der Waals surface area contributed by atoms with Crippen molar-refractivity contribution in [2.75, 3.05) is 55.3 Å². The van der Waals surface area contributed by atoms with Gasteiger partial charge < -0.3 is 59.8 Å². The number of nitrogens with zero attached hydrogens (tertiary/aromatic N) is 7. The van der Waals surface area contributed by atoms with Crippen LogP contribution in [0.15, 0.2) is 184 Å². The molecule has 7 aromatic heterocycles. The Morgan fingerprint density at radius 3 is 1.13 bits per heavy atom. The normalized spacial score (nSPS) is 16.1. The van der Waals surface area contributed by atoms with Crippen LogP contribution in [0.2, 0.25) is 0 Å². The van der Waals surface area contributed by atoms with Crippen molar-refractivity contribution in [1.29, 1.82) is 0 Å². The van der Waals surface area contributed by atoms with Gasteiger partial charge in [0.1, 0.15) is 34.7 Å². The van der Waals surface area contributed by atoms with Crippen LogP contribution in [0.25, 0.3) is 42.3 Å². The molecular formula is C76H75Br2LiN8O15S7. The van der Waals surface area contributed by atoms with Crippen LogP contribution in [-0.4, -0.2) is 147 Å². The Balaban J connectivity index is 0.000000173. The van der Waals surface area contributed by atoms with Gasteiger partial charge in [-0.15, -0.1) is 79.4 Å². The zero-order valence-corrected chi connectivity index (χ0v) is 68.1. The Bertz CT molecular complexity index is 4630.